The van der Waals surface area contributed by atoms with Gasteiger partial charge in [0.1, 0.15) is 0 Å². The molecule has 2 aliphatic rings. The van der Waals surface area contributed by atoms with E-state index in [1.165, 1.54) is 0 Å². The van der Waals surface area contributed by atoms with E-state index in [1.807, 2.05) is 18.2 Å². The van der Waals surface area contributed by atoms with E-state index in [0.717, 1.165) is 56.0 Å². The van der Waals surface area contributed by atoms with Crippen LogP contribution < -0.4 is 5.32 Å². The van der Waals surface area contributed by atoms with Crippen LogP contribution in [0.15, 0.2) is 18.2 Å². The van der Waals surface area contributed by atoms with Crippen LogP contribution in [0.25, 0.3) is 0 Å². The number of rotatable bonds is 5. The fraction of sp³-hybridized carbons (Fsp3) is 0.647. The van der Waals surface area contributed by atoms with Crippen LogP contribution >= 0.6 is 23.2 Å². The summed E-state index contributed by atoms with van der Waals surface area (Å²) in [6, 6.07) is 5.75. The molecule has 1 saturated heterocycles. The Hall–Kier alpha value is -0.320. The zero-order chi connectivity index (χ0) is 15.5. The molecule has 22 heavy (non-hydrogen) atoms. The highest BCUT2D eigenvalue weighted by molar-refractivity contribution is 6.33. The molecule has 122 valence electrons. The largest absolute Gasteiger partial charge is 0.393 e. The Labute approximate surface area is 141 Å². The lowest BCUT2D eigenvalue weighted by atomic mass is 9.91. The molecular formula is C17H23Cl2NO2. The smallest absolute Gasteiger partial charge is 0.0580 e. The van der Waals surface area contributed by atoms with Gasteiger partial charge in [-0.1, -0.05) is 29.6 Å². The highest BCUT2D eigenvalue weighted by Crippen LogP contribution is 2.35. The predicted molar refractivity (Wildman–Crippen MR) is 89.5 cm³/mol. The number of nitrogens with one attached hydrogen (secondary N) is 1. The van der Waals surface area contributed by atoms with Crippen LogP contribution in [0.3, 0.4) is 0 Å². The number of halogens is 2. The molecule has 2 fully saturated rings. The highest BCUT2D eigenvalue weighted by Gasteiger charge is 2.31. The Morgan fingerprint density at radius 1 is 1.27 bits per heavy atom. The number of aliphatic hydroxyl groups is 1. The second-order valence-electron chi connectivity index (χ2n) is 6.43. The van der Waals surface area contributed by atoms with Gasteiger partial charge in [0.2, 0.25) is 0 Å². The van der Waals surface area contributed by atoms with Crippen LogP contribution in [-0.4, -0.2) is 31.0 Å². The second-order valence-corrected chi connectivity index (χ2v) is 7.28. The quantitative estimate of drug-likeness (QED) is 0.853. The minimum absolute atomic E-state index is 0.126. The lowest BCUT2D eigenvalue weighted by Crippen LogP contribution is -2.35. The van der Waals surface area contributed by atoms with Crippen LogP contribution in [0.4, 0.5) is 0 Å². The van der Waals surface area contributed by atoms with Crippen molar-refractivity contribution in [2.75, 3.05) is 19.8 Å². The molecule has 4 atom stereocenters. The van der Waals surface area contributed by atoms with Gasteiger partial charge in [-0.05, 0) is 48.9 Å². The molecule has 1 aliphatic heterocycles. The number of aliphatic hydroxyl groups excluding tert-OH is 1. The van der Waals surface area contributed by atoms with E-state index in [-0.39, 0.29) is 12.1 Å². The third kappa shape index (κ3) is 3.77. The van der Waals surface area contributed by atoms with Crippen molar-refractivity contribution in [3.63, 3.8) is 0 Å². The Balaban J connectivity index is 1.76. The molecule has 1 heterocycles. The van der Waals surface area contributed by atoms with Crippen molar-refractivity contribution in [1.82, 2.24) is 5.32 Å². The molecular weight excluding hydrogens is 321 g/mol. The van der Waals surface area contributed by atoms with E-state index in [0.29, 0.717) is 16.9 Å². The molecule has 0 radical (unpaired) electrons. The van der Waals surface area contributed by atoms with Crippen LogP contribution in [0.2, 0.25) is 10.0 Å². The fourth-order valence-electron chi connectivity index (χ4n) is 3.63. The van der Waals surface area contributed by atoms with Gasteiger partial charge in [0.25, 0.3) is 0 Å². The molecule has 2 N–H and O–H groups in total. The van der Waals surface area contributed by atoms with Gasteiger partial charge in [0.05, 0.1) is 12.7 Å². The average molecular weight is 344 g/mol. The Morgan fingerprint density at radius 3 is 2.82 bits per heavy atom. The van der Waals surface area contributed by atoms with Crippen LogP contribution in [0.5, 0.6) is 0 Å². The van der Waals surface area contributed by atoms with Gasteiger partial charge in [-0.15, -0.1) is 0 Å². The number of benzene rings is 1. The molecule has 0 spiro atoms. The fourth-order valence-corrected chi connectivity index (χ4v) is 4.05. The number of ether oxygens (including phenoxy) is 1. The standard InChI is InChI=1S/C17H23Cl2NO2/c18-13-4-5-15(19)14(8-13)17(12-6-7-22-10-12)20-9-11-2-1-3-16(11)21/h4-5,8,11-12,16-17,20-21H,1-3,6-7,9-10H2. The Morgan fingerprint density at radius 2 is 2.14 bits per heavy atom. The van der Waals surface area contributed by atoms with E-state index in [4.69, 9.17) is 27.9 Å². The van der Waals surface area contributed by atoms with E-state index in [1.54, 1.807) is 0 Å². The van der Waals surface area contributed by atoms with Gasteiger partial charge in [-0.3, -0.25) is 0 Å². The van der Waals surface area contributed by atoms with Gasteiger partial charge >= 0.3 is 0 Å². The van der Waals surface area contributed by atoms with Crippen molar-refractivity contribution in [2.24, 2.45) is 11.8 Å². The summed E-state index contributed by atoms with van der Waals surface area (Å²) in [4.78, 5) is 0. The summed E-state index contributed by atoms with van der Waals surface area (Å²) in [5, 5.41) is 15.1. The van der Waals surface area contributed by atoms with Crippen LogP contribution in [0, 0.1) is 11.8 Å². The summed E-state index contributed by atoms with van der Waals surface area (Å²) in [5.41, 5.74) is 1.04. The molecule has 1 aromatic rings. The second kappa shape index (κ2) is 7.50. The maximum absolute atomic E-state index is 10.0. The van der Waals surface area contributed by atoms with E-state index < -0.39 is 0 Å². The Kier molecular flexibility index (Phi) is 5.64. The zero-order valence-electron chi connectivity index (χ0n) is 12.6. The summed E-state index contributed by atoms with van der Waals surface area (Å²) in [6.07, 6.45) is 3.96. The van der Waals surface area contributed by atoms with Crippen LogP contribution in [-0.2, 0) is 4.74 Å². The molecule has 0 amide bonds. The molecule has 0 aromatic heterocycles. The molecule has 4 unspecified atom stereocenters. The third-order valence-corrected chi connectivity index (χ3v) is 5.53. The van der Waals surface area contributed by atoms with Crippen LogP contribution in [0.1, 0.15) is 37.3 Å². The Bertz CT molecular complexity index is 505. The summed E-state index contributed by atoms with van der Waals surface area (Å²) in [5.74, 6) is 0.734. The average Bonchev–Trinajstić information content (AvgIpc) is 3.15. The normalized spacial score (nSPS) is 29.9. The van der Waals surface area contributed by atoms with Crippen molar-refractivity contribution in [2.45, 2.75) is 37.8 Å². The first-order valence-corrected chi connectivity index (χ1v) is 8.85. The van der Waals surface area contributed by atoms with Gasteiger partial charge in [0.15, 0.2) is 0 Å². The molecule has 1 aromatic carbocycles. The van der Waals surface area contributed by atoms with Gasteiger partial charge < -0.3 is 15.2 Å². The lowest BCUT2D eigenvalue weighted by molar-refractivity contribution is 0.126. The van der Waals surface area contributed by atoms with Crippen molar-refractivity contribution in [1.29, 1.82) is 0 Å². The van der Waals surface area contributed by atoms with Gasteiger partial charge in [-0.25, -0.2) is 0 Å². The lowest BCUT2D eigenvalue weighted by Gasteiger charge is -2.27. The predicted octanol–water partition coefficient (Wildman–Crippen LogP) is 3.82. The number of hydrogen-bond acceptors (Lipinski definition) is 3. The third-order valence-electron chi connectivity index (χ3n) is 4.95. The van der Waals surface area contributed by atoms with Crippen molar-refractivity contribution >= 4 is 23.2 Å². The van der Waals surface area contributed by atoms with Crippen molar-refractivity contribution in [3.8, 4) is 0 Å². The number of hydrogen-bond donors (Lipinski definition) is 2. The molecule has 1 aliphatic carbocycles. The SMILES string of the molecule is OC1CCCC1CNC(c1cc(Cl)ccc1Cl)C1CCOC1. The first-order chi connectivity index (χ1) is 10.6. The topological polar surface area (TPSA) is 41.5 Å². The first kappa shape index (κ1) is 16.5. The van der Waals surface area contributed by atoms with Gasteiger partial charge in [0, 0.05) is 35.2 Å². The first-order valence-electron chi connectivity index (χ1n) is 8.09. The molecule has 1 saturated carbocycles. The van der Waals surface area contributed by atoms with E-state index in [9.17, 15) is 5.11 Å². The molecule has 3 rings (SSSR count). The van der Waals surface area contributed by atoms with Crippen molar-refractivity contribution < 1.29 is 9.84 Å². The van der Waals surface area contributed by atoms with Gasteiger partial charge in [-0.2, -0.15) is 0 Å². The summed E-state index contributed by atoms with van der Waals surface area (Å²) in [6.45, 7) is 2.35. The molecule has 3 nitrogen and oxygen atoms in total. The van der Waals surface area contributed by atoms with Crippen molar-refractivity contribution in [3.05, 3.63) is 33.8 Å². The molecule has 0 bridgehead atoms. The monoisotopic (exact) mass is 343 g/mol. The minimum Gasteiger partial charge on any atom is -0.393 e. The maximum Gasteiger partial charge on any atom is 0.0580 e. The highest BCUT2D eigenvalue weighted by atomic mass is 35.5. The summed E-state index contributed by atoms with van der Waals surface area (Å²) >= 11 is 12.6. The van der Waals surface area contributed by atoms with E-state index >= 15 is 0 Å². The van der Waals surface area contributed by atoms with E-state index in [2.05, 4.69) is 5.32 Å². The zero-order valence-corrected chi connectivity index (χ0v) is 14.1. The summed E-state index contributed by atoms with van der Waals surface area (Å²) < 4.78 is 5.56. The maximum atomic E-state index is 10.0. The molecule has 5 heteroatoms. The summed E-state index contributed by atoms with van der Waals surface area (Å²) in [7, 11) is 0. The minimum atomic E-state index is -0.178.